The zero-order valence-corrected chi connectivity index (χ0v) is 14.5. The van der Waals surface area contributed by atoms with Gasteiger partial charge in [-0.3, -0.25) is 0 Å². The molecule has 1 aromatic rings. The summed E-state index contributed by atoms with van der Waals surface area (Å²) >= 11 is 0. The highest BCUT2D eigenvalue weighted by molar-refractivity contribution is 5.75. The smallest absolute Gasteiger partial charge is 0.315 e. The standard InChI is InChI=1S/C18H28N2O3/c1-18(2,3)16(10-11-21)20-17(22)19-14-9-8-13-12(14)6-5-7-15(13)23-4/h5-7,14,16,21H,8-11H2,1-4H3,(H2,19,20,22)/t14-,16-/m1/s1. The van der Waals surface area contributed by atoms with Gasteiger partial charge in [0.2, 0.25) is 0 Å². The molecule has 23 heavy (non-hydrogen) atoms. The summed E-state index contributed by atoms with van der Waals surface area (Å²) in [5.41, 5.74) is 2.22. The Kier molecular flexibility index (Phi) is 5.52. The van der Waals surface area contributed by atoms with Crippen LogP contribution in [0, 0.1) is 5.41 Å². The van der Waals surface area contributed by atoms with E-state index in [2.05, 4.69) is 31.4 Å². The number of rotatable bonds is 5. The van der Waals surface area contributed by atoms with Crippen molar-refractivity contribution in [2.45, 2.75) is 52.1 Å². The second kappa shape index (κ2) is 7.21. The van der Waals surface area contributed by atoms with E-state index in [9.17, 15) is 9.90 Å². The summed E-state index contributed by atoms with van der Waals surface area (Å²) < 4.78 is 5.40. The average Bonchev–Trinajstić information content (AvgIpc) is 2.89. The van der Waals surface area contributed by atoms with Crippen molar-refractivity contribution in [2.75, 3.05) is 13.7 Å². The molecule has 3 N–H and O–H groups in total. The van der Waals surface area contributed by atoms with Crippen molar-refractivity contribution in [1.82, 2.24) is 10.6 Å². The van der Waals surface area contributed by atoms with Gasteiger partial charge in [0.1, 0.15) is 5.75 Å². The van der Waals surface area contributed by atoms with E-state index >= 15 is 0 Å². The van der Waals surface area contributed by atoms with Gasteiger partial charge in [-0.05, 0) is 41.9 Å². The minimum Gasteiger partial charge on any atom is -0.496 e. The molecule has 2 atom stereocenters. The van der Waals surface area contributed by atoms with Crippen molar-refractivity contribution in [2.24, 2.45) is 5.41 Å². The maximum Gasteiger partial charge on any atom is 0.315 e. The number of ether oxygens (including phenoxy) is 1. The van der Waals surface area contributed by atoms with E-state index in [1.165, 1.54) is 5.56 Å². The predicted octanol–water partition coefficient (Wildman–Crippen LogP) is 2.78. The number of urea groups is 1. The molecule has 0 aromatic heterocycles. The molecule has 1 aliphatic carbocycles. The van der Waals surface area contributed by atoms with Crippen LogP contribution in [0.2, 0.25) is 0 Å². The predicted molar refractivity (Wildman–Crippen MR) is 90.7 cm³/mol. The molecule has 1 aromatic carbocycles. The molecule has 0 radical (unpaired) electrons. The SMILES string of the molecule is COc1cccc2c1CC[C@H]2NC(=O)N[C@H](CCO)C(C)(C)C. The van der Waals surface area contributed by atoms with Crippen LogP contribution in [0.3, 0.4) is 0 Å². The van der Waals surface area contributed by atoms with Crippen molar-refractivity contribution < 1.29 is 14.6 Å². The van der Waals surface area contributed by atoms with Gasteiger partial charge < -0.3 is 20.5 Å². The first-order chi connectivity index (χ1) is 10.9. The number of fused-ring (bicyclic) bond motifs is 1. The third-order valence-electron chi connectivity index (χ3n) is 4.52. The van der Waals surface area contributed by atoms with E-state index in [-0.39, 0.29) is 30.1 Å². The maximum absolute atomic E-state index is 12.4. The molecule has 2 amide bonds. The second-order valence-corrected chi connectivity index (χ2v) is 7.17. The zero-order valence-electron chi connectivity index (χ0n) is 14.5. The molecule has 128 valence electrons. The van der Waals surface area contributed by atoms with E-state index in [0.29, 0.717) is 6.42 Å². The highest BCUT2D eigenvalue weighted by Gasteiger charge is 2.29. The van der Waals surface area contributed by atoms with E-state index < -0.39 is 0 Å². The third-order valence-corrected chi connectivity index (χ3v) is 4.52. The number of methoxy groups -OCH3 is 1. The maximum atomic E-state index is 12.4. The number of aliphatic hydroxyl groups excluding tert-OH is 1. The highest BCUT2D eigenvalue weighted by Crippen LogP contribution is 2.36. The molecule has 1 aliphatic rings. The highest BCUT2D eigenvalue weighted by atomic mass is 16.5. The molecule has 5 nitrogen and oxygen atoms in total. The summed E-state index contributed by atoms with van der Waals surface area (Å²) in [6.45, 7) is 6.24. The number of amides is 2. The van der Waals surface area contributed by atoms with Crippen LogP contribution in [0.5, 0.6) is 5.75 Å². The first-order valence-electron chi connectivity index (χ1n) is 8.20. The van der Waals surface area contributed by atoms with Crippen molar-refractivity contribution in [3.8, 4) is 5.75 Å². The largest absolute Gasteiger partial charge is 0.496 e. The van der Waals surface area contributed by atoms with Gasteiger partial charge in [0, 0.05) is 12.6 Å². The van der Waals surface area contributed by atoms with E-state index in [0.717, 1.165) is 24.2 Å². The lowest BCUT2D eigenvalue weighted by molar-refractivity contribution is 0.187. The first kappa shape index (κ1) is 17.6. The first-order valence-corrected chi connectivity index (χ1v) is 8.20. The second-order valence-electron chi connectivity index (χ2n) is 7.17. The molecule has 0 unspecified atom stereocenters. The Morgan fingerprint density at radius 1 is 1.43 bits per heavy atom. The fourth-order valence-electron chi connectivity index (χ4n) is 3.17. The molecular formula is C18H28N2O3. The van der Waals surface area contributed by atoms with Gasteiger partial charge in [0.15, 0.2) is 0 Å². The lowest BCUT2D eigenvalue weighted by Gasteiger charge is -2.31. The summed E-state index contributed by atoms with van der Waals surface area (Å²) in [6.07, 6.45) is 2.33. The Balaban J connectivity index is 2.03. The Bertz CT molecular complexity index is 552. The molecular weight excluding hydrogens is 292 g/mol. The van der Waals surface area contributed by atoms with Crippen LogP contribution in [0.15, 0.2) is 18.2 Å². The van der Waals surface area contributed by atoms with Gasteiger partial charge in [-0.15, -0.1) is 0 Å². The quantitative estimate of drug-likeness (QED) is 0.781. The van der Waals surface area contributed by atoms with Gasteiger partial charge in [-0.1, -0.05) is 32.9 Å². The van der Waals surface area contributed by atoms with Crippen LogP contribution < -0.4 is 15.4 Å². The van der Waals surface area contributed by atoms with E-state index in [1.54, 1.807) is 7.11 Å². The monoisotopic (exact) mass is 320 g/mol. The molecule has 0 heterocycles. The minimum absolute atomic E-state index is 0.00912. The third kappa shape index (κ3) is 4.16. The topological polar surface area (TPSA) is 70.6 Å². The summed E-state index contributed by atoms with van der Waals surface area (Å²) in [4.78, 5) is 12.4. The van der Waals surface area contributed by atoms with E-state index in [4.69, 9.17) is 4.74 Å². The van der Waals surface area contributed by atoms with Crippen molar-refractivity contribution in [1.29, 1.82) is 0 Å². The van der Waals surface area contributed by atoms with Gasteiger partial charge in [-0.2, -0.15) is 0 Å². The molecule has 2 rings (SSSR count). The summed E-state index contributed by atoms with van der Waals surface area (Å²) in [7, 11) is 1.67. The van der Waals surface area contributed by atoms with Crippen molar-refractivity contribution in [3.05, 3.63) is 29.3 Å². The Labute approximate surface area is 138 Å². The number of aliphatic hydroxyl groups is 1. The number of hydrogen-bond acceptors (Lipinski definition) is 3. The van der Waals surface area contributed by atoms with Gasteiger partial charge >= 0.3 is 6.03 Å². The van der Waals surface area contributed by atoms with Crippen LogP contribution in [0.25, 0.3) is 0 Å². The fourth-order valence-corrected chi connectivity index (χ4v) is 3.17. The lowest BCUT2D eigenvalue weighted by Crippen LogP contribution is -2.49. The number of carbonyl (C=O) groups is 1. The number of nitrogens with one attached hydrogen (secondary N) is 2. The number of benzene rings is 1. The summed E-state index contributed by atoms with van der Waals surface area (Å²) in [5, 5.41) is 15.3. The Morgan fingerprint density at radius 2 is 2.17 bits per heavy atom. The van der Waals surface area contributed by atoms with Crippen LogP contribution in [-0.4, -0.2) is 30.9 Å². The van der Waals surface area contributed by atoms with Crippen LogP contribution in [0.1, 0.15) is 50.8 Å². The van der Waals surface area contributed by atoms with Crippen molar-refractivity contribution >= 4 is 6.03 Å². The fraction of sp³-hybridized carbons (Fsp3) is 0.611. The zero-order chi connectivity index (χ0) is 17.0. The number of carbonyl (C=O) groups excluding carboxylic acids is 1. The van der Waals surface area contributed by atoms with Gasteiger partial charge in [-0.25, -0.2) is 4.79 Å². The van der Waals surface area contributed by atoms with Gasteiger partial charge in [0.25, 0.3) is 0 Å². The molecule has 0 spiro atoms. The minimum atomic E-state index is -0.181. The summed E-state index contributed by atoms with van der Waals surface area (Å²) in [6, 6.07) is 5.72. The lowest BCUT2D eigenvalue weighted by atomic mass is 9.85. The van der Waals surface area contributed by atoms with E-state index in [1.807, 2.05) is 18.2 Å². The van der Waals surface area contributed by atoms with Crippen molar-refractivity contribution in [3.63, 3.8) is 0 Å². The molecule has 0 fully saturated rings. The van der Waals surface area contributed by atoms with Gasteiger partial charge in [0.05, 0.1) is 13.2 Å². The molecule has 0 saturated heterocycles. The molecule has 0 bridgehead atoms. The summed E-state index contributed by atoms with van der Waals surface area (Å²) in [5.74, 6) is 0.889. The molecule has 0 aliphatic heterocycles. The van der Waals surface area contributed by atoms with Crippen LogP contribution in [0.4, 0.5) is 4.79 Å². The van der Waals surface area contributed by atoms with Crippen LogP contribution >= 0.6 is 0 Å². The normalized spacial score (nSPS) is 18.2. The Hall–Kier alpha value is -1.75. The average molecular weight is 320 g/mol. The molecule has 5 heteroatoms. The number of hydrogen-bond donors (Lipinski definition) is 3. The Morgan fingerprint density at radius 3 is 2.78 bits per heavy atom. The van der Waals surface area contributed by atoms with Crippen LogP contribution in [-0.2, 0) is 6.42 Å². The molecule has 0 saturated carbocycles.